The molecule has 1 aliphatic heterocycles. The molecule has 0 unspecified atom stereocenters. The molecule has 4 aromatic carbocycles. The number of benzene rings is 4. The smallest absolute Gasteiger partial charge is 0.127 e. The molecule has 4 aromatic rings. The number of fused-ring (bicyclic) bond motifs is 7. The quantitative estimate of drug-likeness (QED) is 0.519. The summed E-state index contributed by atoms with van der Waals surface area (Å²) in [5.74, 6) is 1.59. The lowest BCUT2D eigenvalue weighted by molar-refractivity contribution is 0.118. The highest BCUT2D eigenvalue weighted by atomic mass is 16.5. The zero-order valence-electron chi connectivity index (χ0n) is 14.9. The third kappa shape index (κ3) is 2.71. The van der Waals surface area contributed by atoms with Gasteiger partial charge in [0.15, 0.2) is 0 Å². The van der Waals surface area contributed by atoms with Crippen molar-refractivity contribution in [1.82, 2.24) is 0 Å². The van der Waals surface area contributed by atoms with Crippen molar-refractivity contribution < 1.29 is 14.6 Å². The fourth-order valence-corrected chi connectivity index (χ4v) is 3.83. The number of aliphatic hydroxyl groups excluding tert-OH is 1. The Balaban J connectivity index is 1.90. The van der Waals surface area contributed by atoms with Gasteiger partial charge in [0.25, 0.3) is 0 Å². The summed E-state index contributed by atoms with van der Waals surface area (Å²) >= 11 is 0. The van der Waals surface area contributed by atoms with Crippen LogP contribution in [0.4, 0.5) is 0 Å². The van der Waals surface area contributed by atoms with Gasteiger partial charge in [0, 0.05) is 11.1 Å². The molecule has 5 rings (SSSR count). The summed E-state index contributed by atoms with van der Waals surface area (Å²) in [6, 6.07) is 24.9. The second-order valence-corrected chi connectivity index (χ2v) is 6.99. The Hall–Kier alpha value is -3.04. The van der Waals surface area contributed by atoms with Crippen molar-refractivity contribution in [3.8, 4) is 22.6 Å². The van der Waals surface area contributed by atoms with Crippen molar-refractivity contribution in [3.05, 3.63) is 72.8 Å². The van der Waals surface area contributed by atoms with Crippen LogP contribution < -0.4 is 9.47 Å². The molecule has 0 aromatic heterocycles. The molecule has 3 heteroatoms. The number of hydrogen-bond donors (Lipinski definition) is 1. The minimum absolute atomic E-state index is 0.0336. The van der Waals surface area contributed by atoms with Crippen molar-refractivity contribution in [2.75, 3.05) is 19.8 Å². The Kier molecular flexibility index (Phi) is 3.95. The van der Waals surface area contributed by atoms with Gasteiger partial charge in [-0.05, 0) is 33.7 Å². The first-order valence-electron chi connectivity index (χ1n) is 9.25. The highest BCUT2D eigenvalue weighted by molar-refractivity contribution is 6.09. The maximum atomic E-state index is 9.68. The van der Waals surface area contributed by atoms with E-state index in [9.17, 15) is 5.11 Å². The van der Waals surface area contributed by atoms with Crippen LogP contribution in [0.15, 0.2) is 72.8 Å². The minimum atomic E-state index is -0.0678. The van der Waals surface area contributed by atoms with E-state index in [1.54, 1.807) is 0 Å². The topological polar surface area (TPSA) is 38.7 Å². The molecule has 0 fully saturated rings. The van der Waals surface area contributed by atoms with Gasteiger partial charge in [-0.1, -0.05) is 60.7 Å². The maximum absolute atomic E-state index is 9.68. The summed E-state index contributed by atoms with van der Waals surface area (Å²) in [5, 5.41) is 14.3. The predicted octanol–water partition coefficient (Wildman–Crippen LogP) is 5.04. The van der Waals surface area contributed by atoms with Crippen LogP contribution >= 0.6 is 0 Å². The fourth-order valence-electron chi connectivity index (χ4n) is 3.83. The van der Waals surface area contributed by atoms with Crippen molar-refractivity contribution in [3.63, 3.8) is 0 Å². The number of hydrogen-bond acceptors (Lipinski definition) is 3. The van der Waals surface area contributed by atoms with Crippen molar-refractivity contribution in [2.45, 2.75) is 0 Å². The molecule has 0 saturated heterocycles. The molecule has 3 nitrogen and oxygen atoms in total. The van der Waals surface area contributed by atoms with Crippen LogP contribution in [0, 0.1) is 5.92 Å². The number of ether oxygens (including phenoxy) is 2. The van der Waals surface area contributed by atoms with E-state index in [2.05, 4.69) is 48.5 Å². The van der Waals surface area contributed by atoms with E-state index in [0.29, 0.717) is 13.2 Å². The lowest BCUT2D eigenvalue weighted by Gasteiger charge is -2.17. The summed E-state index contributed by atoms with van der Waals surface area (Å²) in [7, 11) is 0. The summed E-state index contributed by atoms with van der Waals surface area (Å²) in [5.41, 5.74) is 2.11. The summed E-state index contributed by atoms with van der Waals surface area (Å²) in [6.45, 7) is 0.882. The van der Waals surface area contributed by atoms with Gasteiger partial charge >= 0.3 is 0 Å². The normalized spacial score (nSPS) is 14.4. The molecular formula is C24H20O3. The molecule has 0 spiro atoms. The minimum Gasteiger partial charge on any atom is -0.492 e. The zero-order chi connectivity index (χ0) is 18.2. The van der Waals surface area contributed by atoms with Gasteiger partial charge in [-0.3, -0.25) is 0 Å². The molecule has 1 heterocycles. The lowest BCUT2D eigenvalue weighted by Crippen LogP contribution is -2.22. The molecule has 27 heavy (non-hydrogen) atoms. The summed E-state index contributed by atoms with van der Waals surface area (Å²) in [4.78, 5) is 0. The highest BCUT2D eigenvalue weighted by Gasteiger charge is 2.22. The van der Waals surface area contributed by atoms with Gasteiger partial charge in [0.2, 0.25) is 0 Å². The average molecular weight is 356 g/mol. The van der Waals surface area contributed by atoms with Crippen LogP contribution in [0.1, 0.15) is 0 Å². The van der Waals surface area contributed by atoms with E-state index < -0.39 is 0 Å². The van der Waals surface area contributed by atoms with Crippen LogP contribution in [-0.2, 0) is 0 Å². The van der Waals surface area contributed by atoms with Gasteiger partial charge in [0.05, 0.1) is 25.7 Å². The molecule has 0 aliphatic carbocycles. The van der Waals surface area contributed by atoms with E-state index in [4.69, 9.17) is 9.47 Å². The Morgan fingerprint density at radius 2 is 1.15 bits per heavy atom. The van der Waals surface area contributed by atoms with Crippen molar-refractivity contribution in [1.29, 1.82) is 0 Å². The fraction of sp³-hybridized carbons (Fsp3) is 0.167. The lowest BCUT2D eigenvalue weighted by atomic mass is 9.92. The Labute approximate surface area is 157 Å². The number of rotatable bonds is 1. The van der Waals surface area contributed by atoms with Crippen LogP contribution in [0.2, 0.25) is 0 Å². The van der Waals surface area contributed by atoms with Gasteiger partial charge in [-0.25, -0.2) is 0 Å². The zero-order valence-corrected chi connectivity index (χ0v) is 14.9. The molecule has 0 atom stereocenters. The van der Waals surface area contributed by atoms with Crippen LogP contribution in [0.5, 0.6) is 11.5 Å². The molecular weight excluding hydrogens is 336 g/mol. The molecule has 1 aliphatic rings. The molecule has 0 bridgehead atoms. The van der Waals surface area contributed by atoms with Crippen LogP contribution in [0.25, 0.3) is 32.7 Å². The SMILES string of the molecule is OCC1COc2ccc3ccccc3c2-c2c(ccc3ccccc23)OC1. The number of aliphatic hydroxyl groups is 1. The van der Waals surface area contributed by atoms with Crippen molar-refractivity contribution in [2.24, 2.45) is 5.92 Å². The Morgan fingerprint density at radius 3 is 1.63 bits per heavy atom. The van der Waals surface area contributed by atoms with E-state index in [0.717, 1.165) is 44.2 Å². The molecule has 134 valence electrons. The molecule has 0 amide bonds. The average Bonchev–Trinajstić information content (AvgIpc) is 2.81. The van der Waals surface area contributed by atoms with E-state index >= 15 is 0 Å². The largest absolute Gasteiger partial charge is 0.492 e. The monoisotopic (exact) mass is 356 g/mol. The summed E-state index contributed by atoms with van der Waals surface area (Å²) in [6.07, 6.45) is 0. The van der Waals surface area contributed by atoms with E-state index in [1.807, 2.05) is 24.3 Å². The van der Waals surface area contributed by atoms with Crippen molar-refractivity contribution >= 4 is 21.5 Å². The van der Waals surface area contributed by atoms with E-state index in [1.165, 1.54) is 0 Å². The predicted molar refractivity (Wildman–Crippen MR) is 108 cm³/mol. The van der Waals surface area contributed by atoms with Crippen LogP contribution in [0.3, 0.4) is 0 Å². The molecule has 1 N–H and O–H groups in total. The first-order valence-corrected chi connectivity index (χ1v) is 9.25. The van der Waals surface area contributed by atoms with Gasteiger partial charge < -0.3 is 14.6 Å². The maximum Gasteiger partial charge on any atom is 0.127 e. The first-order chi connectivity index (χ1) is 13.3. The summed E-state index contributed by atoms with van der Waals surface area (Å²) < 4.78 is 12.4. The second kappa shape index (κ2) is 6.60. The van der Waals surface area contributed by atoms with Crippen LogP contribution in [-0.4, -0.2) is 24.9 Å². The Bertz CT molecular complexity index is 1040. The molecule has 0 saturated carbocycles. The standard InChI is InChI=1S/C24H20O3/c25-13-16-14-26-21-11-9-17-5-1-3-7-19(17)23(21)24-20-8-4-2-6-18(20)10-12-22(24)27-15-16/h1-12,16,25H,13-15H2. The van der Waals surface area contributed by atoms with Gasteiger partial charge in [-0.2, -0.15) is 0 Å². The van der Waals surface area contributed by atoms with E-state index in [-0.39, 0.29) is 12.5 Å². The van der Waals surface area contributed by atoms with Gasteiger partial charge in [0.1, 0.15) is 11.5 Å². The first kappa shape index (κ1) is 16.2. The highest BCUT2D eigenvalue weighted by Crippen LogP contribution is 2.46. The third-order valence-corrected chi connectivity index (χ3v) is 5.24. The second-order valence-electron chi connectivity index (χ2n) is 6.99. The Morgan fingerprint density at radius 1 is 0.667 bits per heavy atom. The third-order valence-electron chi connectivity index (χ3n) is 5.24. The van der Waals surface area contributed by atoms with Gasteiger partial charge in [-0.15, -0.1) is 0 Å². The molecule has 0 radical (unpaired) electrons.